The highest BCUT2D eigenvalue weighted by Crippen LogP contribution is 2.34. The fraction of sp³-hybridized carbons (Fsp3) is 0.654. The van der Waals surface area contributed by atoms with Gasteiger partial charge in [0.05, 0.1) is 24.2 Å². The second kappa shape index (κ2) is 23.8. The molecule has 1 atom stereocenters. The molecule has 6 aliphatic rings. The maximum Gasteiger partial charge on any atom is 0.343 e. The summed E-state index contributed by atoms with van der Waals surface area (Å²) in [6, 6.07) is 5.06. The monoisotopic (exact) mass is 996 g/mol. The second-order valence-electron chi connectivity index (χ2n) is 20.8. The molecule has 1 aromatic carbocycles. The molecule has 19 nitrogen and oxygen atoms in total. The van der Waals surface area contributed by atoms with E-state index < -0.39 is 12.0 Å². The molecule has 20 heteroatoms. The van der Waals surface area contributed by atoms with E-state index in [2.05, 4.69) is 60.8 Å². The molecule has 6 fully saturated rings. The minimum absolute atomic E-state index is 0.000898. The Morgan fingerprint density at radius 2 is 1.49 bits per heavy atom. The van der Waals surface area contributed by atoms with E-state index in [1.807, 2.05) is 13.2 Å². The SMILES string of the molecule is CCOC(=O)c1cnc(Nc2cnn(C)c2)nc1NC1CCC(N2CCN(C(=O)C3CCC(C(=O)N4CCC(CCCN5CCN(c6ccc(NC7CCC(=O)NC7=O)cc6F)CC5)CC4)CC3)CC2)CC1. The third-order valence-electron chi connectivity index (χ3n) is 16.1. The number of hydrogen-bond acceptors (Lipinski definition) is 15. The summed E-state index contributed by atoms with van der Waals surface area (Å²) in [7, 11) is 1.84. The maximum absolute atomic E-state index is 15.2. The molecule has 390 valence electrons. The van der Waals surface area contributed by atoms with E-state index in [0.29, 0.717) is 47.1 Å². The molecule has 1 unspecified atom stereocenters. The first-order valence-electron chi connectivity index (χ1n) is 26.7. The Kier molecular flexibility index (Phi) is 16.8. The van der Waals surface area contributed by atoms with Crippen molar-refractivity contribution in [2.75, 3.05) is 99.4 Å². The molecule has 4 amide bonds. The minimum atomic E-state index is -0.550. The molecule has 0 bridgehead atoms. The van der Waals surface area contributed by atoms with Crippen LogP contribution in [0.3, 0.4) is 0 Å². The predicted octanol–water partition coefficient (Wildman–Crippen LogP) is 5.00. The lowest BCUT2D eigenvalue weighted by atomic mass is 9.80. The lowest BCUT2D eigenvalue weighted by Crippen LogP contribution is -2.54. The van der Waals surface area contributed by atoms with Crippen LogP contribution in [0.2, 0.25) is 0 Å². The number of nitrogens with zero attached hydrogens (tertiary/aromatic N) is 9. The number of piperazine rings is 2. The number of piperidine rings is 2. The van der Waals surface area contributed by atoms with E-state index in [1.165, 1.54) is 12.3 Å². The van der Waals surface area contributed by atoms with Crippen LogP contribution in [-0.4, -0.2) is 166 Å². The predicted molar refractivity (Wildman–Crippen MR) is 271 cm³/mol. The quantitative estimate of drug-likeness (QED) is 0.110. The number of anilines is 5. The Morgan fingerprint density at radius 1 is 0.792 bits per heavy atom. The van der Waals surface area contributed by atoms with Gasteiger partial charge in [0.15, 0.2) is 0 Å². The Hall–Kier alpha value is -5.89. The summed E-state index contributed by atoms with van der Waals surface area (Å²) in [6.07, 6.45) is 17.1. The van der Waals surface area contributed by atoms with Gasteiger partial charge in [-0.15, -0.1) is 0 Å². The zero-order valence-electron chi connectivity index (χ0n) is 42.2. The van der Waals surface area contributed by atoms with Gasteiger partial charge < -0.3 is 35.4 Å². The highest BCUT2D eigenvalue weighted by Gasteiger charge is 2.37. The summed E-state index contributed by atoms with van der Waals surface area (Å²) in [4.78, 5) is 84.2. The molecule has 0 spiro atoms. The van der Waals surface area contributed by atoms with Crippen LogP contribution in [0.4, 0.5) is 33.2 Å². The van der Waals surface area contributed by atoms with Gasteiger partial charge in [0.25, 0.3) is 0 Å². The number of nitrogens with one attached hydrogen (secondary N) is 4. The van der Waals surface area contributed by atoms with E-state index in [4.69, 9.17) is 4.74 Å². The third-order valence-corrected chi connectivity index (χ3v) is 16.1. The Bertz CT molecular complexity index is 2360. The fourth-order valence-electron chi connectivity index (χ4n) is 11.9. The first-order chi connectivity index (χ1) is 35.0. The van der Waals surface area contributed by atoms with E-state index in [1.54, 1.807) is 29.9 Å². The summed E-state index contributed by atoms with van der Waals surface area (Å²) in [6.45, 7) is 11.2. The molecule has 6 heterocycles. The van der Waals surface area contributed by atoms with Crippen molar-refractivity contribution in [2.45, 2.75) is 115 Å². The molecule has 4 aliphatic heterocycles. The first-order valence-corrected chi connectivity index (χ1v) is 26.7. The van der Waals surface area contributed by atoms with Gasteiger partial charge >= 0.3 is 5.97 Å². The number of carbonyl (C=O) groups is 5. The molecule has 4 N–H and O–H groups in total. The van der Waals surface area contributed by atoms with Crippen molar-refractivity contribution >= 4 is 58.4 Å². The van der Waals surface area contributed by atoms with Crippen molar-refractivity contribution in [3.05, 3.63) is 48.2 Å². The van der Waals surface area contributed by atoms with Crippen LogP contribution in [0, 0.1) is 23.6 Å². The van der Waals surface area contributed by atoms with Gasteiger partial charge in [0.2, 0.25) is 29.6 Å². The summed E-state index contributed by atoms with van der Waals surface area (Å²) in [5.74, 6) is 0.582. The molecule has 2 aliphatic carbocycles. The Morgan fingerprint density at radius 3 is 2.12 bits per heavy atom. The highest BCUT2D eigenvalue weighted by molar-refractivity contribution is 6.01. The van der Waals surface area contributed by atoms with Gasteiger partial charge in [-0.2, -0.15) is 10.1 Å². The van der Waals surface area contributed by atoms with Crippen LogP contribution in [0.25, 0.3) is 0 Å². The smallest absolute Gasteiger partial charge is 0.343 e. The number of hydrogen-bond donors (Lipinski definition) is 4. The molecule has 2 saturated carbocycles. The average molecular weight is 996 g/mol. The molecule has 72 heavy (non-hydrogen) atoms. The number of carbonyl (C=O) groups excluding carboxylic acids is 5. The van der Waals surface area contributed by atoms with Crippen molar-refractivity contribution in [1.82, 2.24) is 44.7 Å². The van der Waals surface area contributed by atoms with Gasteiger partial charge in [0, 0.05) is 121 Å². The zero-order chi connectivity index (χ0) is 50.1. The van der Waals surface area contributed by atoms with Crippen LogP contribution in [0.1, 0.15) is 107 Å². The van der Waals surface area contributed by atoms with E-state index in [0.717, 1.165) is 155 Å². The normalized spacial score (nSPS) is 24.9. The summed E-state index contributed by atoms with van der Waals surface area (Å²) >= 11 is 0. The van der Waals surface area contributed by atoms with Gasteiger partial charge in [0.1, 0.15) is 23.2 Å². The first kappa shape index (κ1) is 51.0. The third kappa shape index (κ3) is 12.8. The number of benzene rings is 1. The van der Waals surface area contributed by atoms with Crippen LogP contribution in [0.5, 0.6) is 0 Å². The standard InChI is InChI=1S/C52H74FN13O6/c1-3-72-51(71)42-33-54-52(58-40-32-55-61(2)34-40)60-47(42)57-38-10-13-41(14-11-38)63-27-29-66(30-28-63)50(70)37-8-6-36(7-9-37)49(69)65-21-18-35(19-22-65)5-4-20-62-23-25-64(26-24-62)45-16-12-39(31-43(45)53)56-44-15-17-46(67)59-48(44)68/h12,16,31-38,41,44,56H,3-11,13-15,17-30H2,1-2H3,(H,59,67,68)(H2,54,57,58,60). The lowest BCUT2D eigenvalue weighted by molar-refractivity contribution is -0.143. The fourth-order valence-corrected chi connectivity index (χ4v) is 11.9. The number of likely N-dealkylation sites (tertiary alicyclic amines) is 1. The number of aryl methyl sites for hydroxylation is 1. The van der Waals surface area contributed by atoms with Gasteiger partial charge in [-0.1, -0.05) is 0 Å². The molecule has 4 saturated heterocycles. The largest absolute Gasteiger partial charge is 0.462 e. The van der Waals surface area contributed by atoms with Gasteiger partial charge in [-0.05, 0) is 121 Å². The molecule has 0 radical (unpaired) electrons. The van der Waals surface area contributed by atoms with Crippen LogP contribution >= 0.6 is 0 Å². The number of rotatable bonds is 16. The number of esters is 1. The van der Waals surface area contributed by atoms with E-state index in [-0.39, 0.29) is 60.4 Å². The average Bonchev–Trinajstić information content (AvgIpc) is 3.81. The molecular weight excluding hydrogens is 922 g/mol. The van der Waals surface area contributed by atoms with Crippen molar-refractivity contribution < 1.29 is 33.1 Å². The van der Waals surface area contributed by atoms with Crippen LogP contribution in [-0.2, 0) is 31.0 Å². The Balaban J connectivity index is 0.631. The van der Waals surface area contributed by atoms with Gasteiger partial charge in [-0.25, -0.2) is 14.2 Å². The highest BCUT2D eigenvalue weighted by atomic mass is 19.1. The van der Waals surface area contributed by atoms with Crippen molar-refractivity contribution in [3.8, 4) is 0 Å². The number of imide groups is 1. The zero-order valence-corrected chi connectivity index (χ0v) is 42.2. The molecule has 2 aromatic heterocycles. The molecular formula is C52H74FN13O6. The number of halogens is 1. The summed E-state index contributed by atoms with van der Waals surface area (Å²) in [5, 5.41) is 16.3. The summed E-state index contributed by atoms with van der Waals surface area (Å²) in [5.41, 5.74) is 2.16. The lowest BCUT2D eigenvalue weighted by Gasteiger charge is -2.43. The van der Waals surface area contributed by atoms with E-state index >= 15 is 4.39 Å². The molecule has 3 aromatic rings. The van der Waals surface area contributed by atoms with Crippen molar-refractivity contribution in [2.24, 2.45) is 24.8 Å². The number of ether oxygens (including phenoxy) is 1. The van der Waals surface area contributed by atoms with Crippen molar-refractivity contribution in [1.29, 1.82) is 0 Å². The number of amides is 4. The second-order valence-corrected chi connectivity index (χ2v) is 20.8. The molecule has 9 rings (SSSR count). The van der Waals surface area contributed by atoms with Gasteiger partial charge in [-0.3, -0.25) is 39.0 Å². The van der Waals surface area contributed by atoms with Crippen LogP contribution in [0.15, 0.2) is 36.8 Å². The number of aromatic nitrogens is 4. The van der Waals surface area contributed by atoms with Crippen molar-refractivity contribution in [3.63, 3.8) is 0 Å². The van der Waals surface area contributed by atoms with Crippen LogP contribution < -0.4 is 26.2 Å². The van der Waals surface area contributed by atoms with E-state index in [9.17, 15) is 24.0 Å². The Labute approximate surface area is 422 Å². The minimum Gasteiger partial charge on any atom is -0.462 e. The topological polar surface area (TPSA) is 202 Å². The maximum atomic E-state index is 15.2. The summed E-state index contributed by atoms with van der Waals surface area (Å²) < 4.78 is 22.2.